The summed E-state index contributed by atoms with van der Waals surface area (Å²) >= 11 is 0. The molecule has 4 unspecified atom stereocenters. The number of rotatable bonds is 3. The molecule has 0 aromatic heterocycles. The Labute approximate surface area is 84.4 Å². The van der Waals surface area contributed by atoms with E-state index in [1.54, 1.807) is 0 Å². The first kappa shape index (κ1) is 8.72. The molecule has 4 atom stereocenters. The van der Waals surface area contributed by atoms with Crippen LogP contribution in [0.1, 0.15) is 25.7 Å². The van der Waals surface area contributed by atoms with Gasteiger partial charge in [-0.15, -0.1) is 0 Å². The fourth-order valence-corrected chi connectivity index (χ4v) is 3.91. The van der Waals surface area contributed by atoms with Gasteiger partial charge in [0.1, 0.15) is 0 Å². The van der Waals surface area contributed by atoms with Crippen molar-refractivity contribution < 1.29 is 4.79 Å². The van der Waals surface area contributed by atoms with Crippen LogP contribution < -0.4 is 11.1 Å². The van der Waals surface area contributed by atoms with Crippen LogP contribution in [0.15, 0.2) is 0 Å². The summed E-state index contributed by atoms with van der Waals surface area (Å²) < 4.78 is 0. The van der Waals surface area contributed by atoms with Crippen molar-refractivity contribution >= 4 is 5.91 Å². The Bertz CT molecular complexity index is 250. The van der Waals surface area contributed by atoms with Crippen molar-refractivity contribution in [2.24, 2.45) is 29.4 Å². The van der Waals surface area contributed by atoms with Gasteiger partial charge in [0.15, 0.2) is 0 Å². The molecule has 14 heavy (non-hydrogen) atoms. The quantitative estimate of drug-likeness (QED) is 0.687. The Hall–Kier alpha value is -0.570. The Kier molecular flexibility index (Phi) is 1.84. The van der Waals surface area contributed by atoms with Gasteiger partial charge in [0, 0.05) is 19.0 Å². The van der Waals surface area contributed by atoms with Crippen LogP contribution >= 0.6 is 0 Å². The van der Waals surface area contributed by atoms with Crippen molar-refractivity contribution in [3.8, 4) is 0 Å². The average Bonchev–Trinajstić information content (AvgIpc) is 2.60. The summed E-state index contributed by atoms with van der Waals surface area (Å²) in [4.78, 5) is 11.4. The molecule has 3 N–H and O–H groups in total. The molecule has 3 aliphatic carbocycles. The zero-order valence-corrected chi connectivity index (χ0v) is 8.41. The third kappa shape index (κ3) is 1.11. The van der Waals surface area contributed by atoms with Crippen LogP contribution in [0.3, 0.4) is 0 Å². The molecule has 0 spiro atoms. The highest BCUT2D eigenvalue weighted by Gasteiger charge is 2.65. The Balaban J connectivity index is 1.56. The van der Waals surface area contributed by atoms with Gasteiger partial charge in [0.25, 0.3) is 0 Å². The monoisotopic (exact) mass is 194 g/mol. The number of nitrogens with two attached hydrogens (primary N) is 1. The summed E-state index contributed by atoms with van der Waals surface area (Å²) in [6.07, 6.45) is 4.76. The molecular weight excluding hydrogens is 176 g/mol. The topological polar surface area (TPSA) is 55.1 Å². The lowest BCUT2D eigenvalue weighted by atomic mass is 10.0. The predicted molar refractivity (Wildman–Crippen MR) is 53.4 cm³/mol. The Morgan fingerprint density at radius 1 is 1.29 bits per heavy atom. The number of amides is 1. The summed E-state index contributed by atoms with van der Waals surface area (Å²) in [5, 5.41) is 3.14. The molecular formula is C11H18N2O. The van der Waals surface area contributed by atoms with Crippen LogP contribution in [0.5, 0.6) is 0 Å². The SMILES string of the molecule is NCCC(=O)NC1C2C3CCC(C3)C12. The van der Waals surface area contributed by atoms with E-state index >= 15 is 0 Å². The van der Waals surface area contributed by atoms with Crippen molar-refractivity contribution in [3.05, 3.63) is 0 Å². The normalized spacial score (nSPS) is 47.6. The van der Waals surface area contributed by atoms with Crippen molar-refractivity contribution in [3.63, 3.8) is 0 Å². The van der Waals surface area contributed by atoms with Gasteiger partial charge >= 0.3 is 0 Å². The molecule has 3 heteroatoms. The lowest BCUT2D eigenvalue weighted by molar-refractivity contribution is -0.121. The molecule has 3 nitrogen and oxygen atoms in total. The van der Waals surface area contributed by atoms with E-state index in [0.717, 1.165) is 23.7 Å². The molecule has 3 rings (SSSR count). The molecule has 0 heterocycles. The van der Waals surface area contributed by atoms with Crippen molar-refractivity contribution in [2.75, 3.05) is 6.54 Å². The number of fused-ring (bicyclic) bond motifs is 5. The smallest absolute Gasteiger partial charge is 0.221 e. The maximum Gasteiger partial charge on any atom is 0.221 e. The maximum absolute atomic E-state index is 11.4. The van der Waals surface area contributed by atoms with Crippen molar-refractivity contribution in [1.82, 2.24) is 5.32 Å². The minimum absolute atomic E-state index is 0.159. The summed E-state index contributed by atoms with van der Waals surface area (Å²) in [7, 11) is 0. The number of carbonyl (C=O) groups is 1. The fourth-order valence-electron chi connectivity index (χ4n) is 3.91. The average molecular weight is 194 g/mol. The van der Waals surface area contributed by atoms with E-state index in [-0.39, 0.29) is 5.91 Å². The van der Waals surface area contributed by atoms with Gasteiger partial charge in [-0.2, -0.15) is 0 Å². The van der Waals surface area contributed by atoms with Gasteiger partial charge in [-0.05, 0) is 42.9 Å². The second-order valence-corrected chi connectivity index (χ2v) is 5.12. The van der Waals surface area contributed by atoms with E-state index in [1.165, 1.54) is 19.3 Å². The van der Waals surface area contributed by atoms with Crippen LogP contribution in [0.4, 0.5) is 0 Å². The molecule has 0 aromatic carbocycles. The van der Waals surface area contributed by atoms with E-state index in [4.69, 9.17) is 5.73 Å². The fraction of sp³-hybridized carbons (Fsp3) is 0.909. The first-order chi connectivity index (χ1) is 6.81. The van der Waals surface area contributed by atoms with E-state index in [9.17, 15) is 4.79 Å². The Morgan fingerprint density at radius 3 is 2.50 bits per heavy atom. The summed E-state index contributed by atoms with van der Waals surface area (Å²) in [6.45, 7) is 0.473. The number of carbonyl (C=O) groups excluding carboxylic acids is 1. The predicted octanol–water partition coefficient (Wildman–Crippen LogP) is 0.496. The van der Waals surface area contributed by atoms with Gasteiger partial charge in [-0.1, -0.05) is 0 Å². The van der Waals surface area contributed by atoms with Crippen LogP contribution in [0.2, 0.25) is 0 Å². The molecule has 78 valence electrons. The van der Waals surface area contributed by atoms with E-state index in [2.05, 4.69) is 5.32 Å². The molecule has 3 fully saturated rings. The van der Waals surface area contributed by atoms with Gasteiger partial charge in [-0.3, -0.25) is 4.79 Å². The van der Waals surface area contributed by atoms with E-state index < -0.39 is 0 Å². The summed E-state index contributed by atoms with van der Waals surface area (Å²) in [5.41, 5.74) is 5.35. The first-order valence-electron chi connectivity index (χ1n) is 5.80. The number of nitrogens with one attached hydrogen (secondary N) is 1. The Morgan fingerprint density at radius 2 is 1.93 bits per heavy atom. The van der Waals surface area contributed by atoms with E-state index in [1.807, 2.05) is 0 Å². The molecule has 0 saturated heterocycles. The number of hydrogen-bond acceptors (Lipinski definition) is 2. The van der Waals surface area contributed by atoms with Crippen LogP contribution in [-0.4, -0.2) is 18.5 Å². The highest BCUT2D eigenvalue weighted by molar-refractivity contribution is 5.77. The second-order valence-electron chi connectivity index (χ2n) is 5.12. The largest absolute Gasteiger partial charge is 0.353 e. The standard InChI is InChI=1S/C11H18N2O/c12-4-3-8(14)13-11-9-6-1-2-7(5-6)10(9)11/h6-7,9-11H,1-5,12H2,(H,13,14). The zero-order valence-electron chi connectivity index (χ0n) is 8.41. The van der Waals surface area contributed by atoms with Gasteiger partial charge in [0.05, 0.1) is 0 Å². The molecule has 0 aromatic rings. The molecule has 3 aliphatic rings. The number of hydrogen-bond donors (Lipinski definition) is 2. The minimum atomic E-state index is 0.159. The molecule has 2 bridgehead atoms. The van der Waals surface area contributed by atoms with Crippen LogP contribution in [0, 0.1) is 23.7 Å². The highest BCUT2D eigenvalue weighted by atomic mass is 16.1. The third-order valence-corrected chi connectivity index (χ3v) is 4.43. The maximum atomic E-state index is 11.4. The van der Waals surface area contributed by atoms with Gasteiger partial charge in [0.2, 0.25) is 5.91 Å². The minimum Gasteiger partial charge on any atom is -0.353 e. The lowest BCUT2D eigenvalue weighted by Gasteiger charge is -2.09. The first-order valence-corrected chi connectivity index (χ1v) is 5.80. The summed E-state index contributed by atoms with van der Waals surface area (Å²) in [5.74, 6) is 3.72. The van der Waals surface area contributed by atoms with E-state index in [0.29, 0.717) is 19.0 Å². The van der Waals surface area contributed by atoms with Gasteiger partial charge < -0.3 is 11.1 Å². The van der Waals surface area contributed by atoms with Crippen molar-refractivity contribution in [1.29, 1.82) is 0 Å². The van der Waals surface area contributed by atoms with Crippen molar-refractivity contribution in [2.45, 2.75) is 31.7 Å². The molecule has 0 aliphatic heterocycles. The second kappa shape index (κ2) is 2.96. The zero-order chi connectivity index (χ0) is 9.71. The van der Waals surface area contributed by atoms with Crippen LogP contribution in [-0.2, 0) is 4.79 Å². The highest BCUT2D eigenvalue weighted by Crippen LogP contribution is 2.65. The molecule has 0 radical (unpaired) electrons. The molecule has 3 saturated carbocycles. The third-order valence-electron chi connectivity index (χ3n) is 4.43. The molecule has 1 amide bonds. The lowest BCUT2D eigenvalue weighted by Crippen LogP contribution is -2.31. The van der Waals surface area contributed by atoms with Crippen LogP contribution in [0.25, 0.3) is 0 Å². The van der Waals surface area contributed by atoms with Gasteiger partial charge in [-0.25, -0.2) is 0 Å². The summed E-state index contributed by atoms with van der Waals surface area (Å²) in [6, 6.07) is 0.528.